The van der Waals surface area contributed by atoms with Crippen LogP contribution in [-0.2, 0) is 9.53 Å². The molecular formula is C11H21NO3S. The van der Waals surface area contributed by atoms with E-state index in [4.69, 9.17) is 9.84 Å². The van der Waals surface area contributed by atoms with Crippen molar-refractivity contribution in [2.75, 3.05) is 38.4 Å². The first-order valence-corrected chi connectivity index (χ1v) is 6.92. The highest BCUT2D eigenvalue weighted by Gasteiger charge is 2.26. The summed E-state index contributed by atoms with van der Waals surface area (Å²) in [5, 5.41) is 8.74. The highest BCUT2D eigenvalue weighted by atomic mass is 32.2. The molecule has 1 amide bonds. The van der Waals surface area contributed by atoms with Crippen molar-refractivity contribution in [3.63, 3.8) is 0 Å². The number of ether oxygens (including phenoxy) is 1. The number of methoxy groups -OCH3 is 1. The average molecular weight is 247 g/mol. The van der Waals surface area contributed by atoms with Crippen LogP contribution in [0.2, 0.25) is 0 Å². The van der Waals surface area contributed by atoms with Gasteiger partial charge in [-0.2, -0.15) is 11.8 Å². The smallest absolute Gasteiger partial charge is 0.223 e. The lowest BCUT2D eigenvalue weighted by atomic mass is 10.2. The summed E-state index contributed by atoms with van der Waals surface area (Å²) in [7, 11) is 1.65. The Labute approximate surface area is 101 Å². The summed E-state index contributed by atoms with van der Waals surface area (Å²) in [4.78, 5) is 13.9. The normalized spacial score (nSPS) is 20.0. The Balaban J connectivity index is 2.44. The molecule has 0 spiro atoms. The van der Waals surface area contributed by atoms with Gasteiger partial charge < -0.3 is 14.7 Å². The highest BCUT2D eigenvalue weighted by molar-refractivity contribution is 7.99. The lowest BCUT2D eigenvalue weighted by Gasteiger charge is -2.28. The fourth-order valence-electron chi connectivity index (χ4n) is 1.84. The van der Waals surface area contributed by atoms with Gasteiger partial charge in [-0.1, -0.05) is 0 Å². The van der Waals surface area contributed by atoms with E-state index >= 15 is 0 Å². The van der Waals surface area contributed by atoms with Crippen LogP contribution < -0.4 is 0 Å². The van der Waals surface area contributed by atoms with E-state index in [0.717, 1.165) is 17.9 Å². The fourth-order valence-corrected chi connectivity index (χ4v) is 3.07. The predicted octanol–water partition coefficient (Wildman–Crippen LogP) is 0.739. The number of carbonyl (C=O) groups is 1. The summed E-state index contributed by atoms with van der Waals surface area (Å²) in [5.74, 6) is 2.33. The van der Waals surface area contributed by atoms with Crippen molar-refractivity contribution in [1.82, 2.24) is 4.90 Å². The first-order valence-electron chi connectivity index (χ1n) is 5.76. The molecule has 5 heteroatoms. The number of aliphatic hydroxyl groups excluding tert-OH is 1. The summed E-state index contributed by atoms with van der Waals surface area (Å²) in [6.07, 6.45) is 2.09. The van der Waals surface area contributed by atoms with Gasteiger partial charge in [-0.05, 0) is 18.6 Å². The summed E-state index contributed by atoms with van der Waals surface area (Å²) >= 11 is 1.90. The summed E-state index contributed by atoms with van der Waals surface area (Å²) < 4.78 is 5.04. The highest BCUT2D eigenvalue weighted by Crippen LogP contribution is 2.22. The molecule has 0 aromatic rings. The molecule has 1 aliphatic heterocycles. The van der Waals surface area contributed by atoms with Gasteiger partial charge in [0, 0.05) is 38.5 Å². The van der Waals surface area contributed by atoms with Crippen molar-refractivity contribution in [1.29, 1.82) is 0 Å². The van der Waals surface area contributed by atoms with Crippen LogP contribution in [0.15, 0.2) is 0 Å². The van der Waals surface area contributed by atoms with Crippen LogP contribution >= 0.6 is 11.8 Å². The van der Waals surface area contributed by atoms with Crippen molar-refractivity contribution in [2.45, 2.75) is 25.3 Å². The maximum absolute atomic E-state index is 11.9. The van der Waals surface area contributed by atoms with Crippen LogP contribution in [0.5, 0.6) is 0 Å². The number of hydrogen-bond donors (Lipinski definition) is 1. The maximum atomic E-state index is 11.9. The molecule has 1 atom stereocenters. The Bertz CT molecular complexity index is 207. The number of nitrogens with zero attached hydrogens (tertiary/aromatic N) is 1. The van der Waals surface area contributed by atoms with E-state index in [1.807, 2.05) is 16.7 Å². The van der Waals surface area contributed by atoms with E-state index in [2.05, 4.69) is 0 Å². The van der Waals surface area contributed by atoms with Crippen LogP contribution in [-0.4, -0.2) is 60.3 Å². The van der Waals surface area contributed by atoms with E-state index in [9.17, 15) is 4.79 Å². The molecule has 1 aliphatic rings. The molecule has 1 N–H and O–H groups in total. The number of hydrogen-bond acceptors (Lipinski definition) is 4. The topological polar surface area (TPSA) is 49.8 Å². The van der Waals surface area contributed by atoms with Crippen LogP contribution in [0.3, 0.4) is 0 Å². The van der Waals surface area contributed by atoms with E-state index in [-0.39, 0.29) is 12.5 Å². The van der Waals surface area contributed by atoms with Crippen molar-refractivity contribution in [3.05, 3.63) is 0 Å². The Kier molecular flexibility index (Phi) is 6.84. The van der Waals surface area contributed by atoms with Gasteiger partial charge >= 0.3 is 0 Å². The van der Waals surface area contributed by atoms with Crippen LogP contribution in [0, 0.1) is 0 Å². The molecule has 4 nitrogen and oxygen atoms in total. The summed E-state index contributed by atoms with van der Waals surface area (Å²) in [6, 6.07) is 0.367. The molecule has 0 aromatic carbocycles. The summed E-state index contributed by atoms with van der Waals surface area (Å²) in [5.41, 5.74) is 0. The van der Waals surface area contributed by atoms with E-state index in [0.29, 0.717) is 32.0 Å². The van der Waals surface area contributed by atoms with Gasteiger partial charge in [-0.25, -0.2) is 0 Å². The van der Waals surface area contributed by atoms with E-state index in [1.165, 1.54) is 0 Å². The Morgan fingerprint density at radius 1 is 1.62 bits per heavy atom. The molecule has 0 radical (unpaired) electrons. The molecule has 1 heterocycles. The molecule has 94 valence electrons. The molecule has 0 bridgehead atoms. The first kappa shape index (κ1) is 13.8. The first-order chi connectivity index (χ1) is 7.79. The average Bonchev–Trinajstić information content (AvgIpc) is 2.80. The fraction of sp³-hybridized carbons (Fsp3) is 0.909. The van der Waals surface area contributed by atoms with Gasteiger partial charge in [0.1, 0.15) is 0 Å². The zero-order valence-electron chi connectivity index (χ0n) is 9.85. The van der Waals surface area contributed by atoms with Gasteiger partial charge in [0.2, 0.25) is 5.91 Å². The molecular weight excluding hydrogens is 226 g/mol. The molecule has 1 fully saturated rings. The summed E-state index contributed by atoms with van der Waals surface area (Å²) in [6.45, 7) is 1.35. The van der Waals surface area contributed by atoms with Crippen molar-refractivity contribution in [3.8, 4) is 0 Å². The minimum absolute atomic E-state index is 0.0866. The van der Waals surface area contributed by atoms with Crippen molar-refractivity contribution < 1.29 is 14.6 Å². The predicted molar refractivity (Wildman–Crippen MR) is 65.6 cm³/mol. The maximum Gasteiger partial charge on any atom is 0.223 e. The molecule has 1 rings (SSSR count). The number of thioether (sulfide) groups is 1. The lowest BCUT2D eigenvalue weighted by molar-refractivity contribution is -0.134. The second-order valence-electron chi connectivity index (χ2n) is 3.92. The van der Waals surface area contributed by atoms with Crippen LogP contribution in [0.1, 0.15) is 19.3 Å². The van der Waals surface area contributed by atoms with Gasteiger partial charge in [-0.3, -0.25) is 4.79 Å². The van der Waals surface area contributed by atoms with Gasteiger partial charge in [0.25, 0.3) is 0 Å². The zero-order valence-corrected chi connectivity index (χ0v) is 10.7. The Morgan fingerprint density at radius 3 is 3.00 bits per heavy atom. The molecule has 0 saturated carbocycles. The lowest BCUT2D eigenvalue weighted by Crippen LogP contribution is -2.42. The minimum atomic E-state index is 0.0866. The number of rotatable bonds is 7. The number of carbonyl (C=O) groups excluding carboxylic acids is 1. The van der Waals surface area contributed by atoms with Crippen LogP contribution in [0.4, 0.5) is 0 Å². The third kappa shape index (κ3) is 4.31. The second kappa shape index (κ2) is 7.92. The Hall–Kier alpha value is -0.260. The largest absolute Gasteiger partial charge is 0.396 e. The third-order valence-corrected chi connectivity index (χ3v) is 3.90. The van der Waals surface area contributed by atoms with Gasteiger partial charge in [-0.15, -0.1) is 0 Å². The number of aliphatic hydroxyl groups is 1. The minimum Gasteiger partial charge on any atom is -0.396 e. The second-order valence-corrected chi connectivity index (χ2v) is 5.07. The Morgan fingerprint density at radius 2 is 2.44 bits per heavy atom. The van der Waals surface area contributed by atoms with E-state index < -0.39 is 0 Å². The number of amides is 1. The van der Waals surface area contributed by atoms with E-state index in [1.54, 1.807) is 7.11 Å². The standard InChI is InChI=1S/C11H21NO3S/c1-15-7-5-12(10-4-8-16-9-10)11(14)3-2-6-13/h10,13H,2-9H2,1H3. The van der Waals surface area contributed by atoms with Gasteiger partial charge in [0.05, 0.1) is 6.61 Å². The zero-order chi connectivity index (χ0) is 11.8. The molecule has 16 heavy (non-hydrogen) atoms. The van der Waals surface area contributed by atoms with Crippen LogP contribution in [0.25, 0.3) is 0 Å². The molecule has 1 unspecified atom stereocenters. The monoisotopic (exact) mass is 247 g/mol. The quantitative estimate of drug-likeness (QED) is 0.721. The van der Waals surface area contributed by atoms with Crippen molar-refractivity contribution in [2.24, 2.45) is 0 Å². The SMILES string of the molecule is COCCN(C(=O)CCCO)C1CCSC1. The molecule has 0 aliphatic carbocycles. The van der Waals surface area contributed by atoms with Crippen molar-refractivity contribution >= 4 is 17.7 Å². The molecule has 1 saturated heterocycles. The van der Waals surface area contributed by atoms with Gasteiger partial charge in [0.15, 0.2) is 0 Å². The molecule has 0 aromatic heterocycles. The third-order valence-electron chi connectivity index (χ3n) is 2.75.